The monoisotopic (exact) mass is 398 g/mol. The van der Waals surface area contributed by atoms with Crippen LogP contribution in [-0.4, -0.2) is 52.9 Å². The number of likely N-dealkylation sites (N-methyl/N-ethyl adjacent to an activating group) is 1. The lowest BCUT2D eigenvalue weighted by atomic mass is 9.86. The second kappa shape index (κ2) is 5.76. The smallest absolute Gasteiger partial charge is 0.245 e. The highest BCUT2D eigenvalue weighted by Crippen LogP contribution is 2.44. The van der Waals surface area contributed by atoms with E-state index in [2.05, 4.69) is 4.98 Å². The summed E-state index contributed by atoms with van der Waals surface area (Å²) in [7, 11) is 0. The Morgan fingerprint density at radius 1 is 1.28 bits per heavy atom. The number of benzene rings is 2. The van der Waals surface area contributed by atoms with Gasteiger partial charge in [0.2, 0.25) is 18.6 Å². The molecule has 0 spiro atoms. The van der Waals surface area contributed by atoms with Crippen molar-refractivity contribution in [2.24, 2.45) is 0 Å². The van der Waals surface area contributed by atoms with E-state index in [1.54, 1.807) is 24.3 Å². The number of ether oxygens (including phenoxy) is 2. The van der Waals surface area contributed by atoms with Gasteiger partial charge >= 0.3 is 0 Å². The van der Waals surface area contributed by atoms with Gasteiger partial charge in [-0.15, -0.1) is 0 Å². The Hall–Kier alpha value is -3.48. The van der Waals surface area contributed by atoms with Gasteiger partial charge in [-0.25, -0.2) is 0 Å². The molecule has 29 heavy (non-hydrogen) atoms. The number of H-pyrrole nitrogens is 1. The normalized spacial score (nSPS) is 32.0. The molecule has 2 atom stereocenters. The SMILES string of the molecule is [2H]c1c([2H])c(C2c3[nH]c4ccccc4c3C([2H])([2H])[C@]3([2H])C(=O)N(C([2H])([2H])[2H])CC(=O)N23)c([2H])c2c1OCO2. The van der Waals surface area contributed by atoms with Crippen LogP contribution in [0.3, 0.4) is 0 Å². The van der Waals surface area contributed by atoms with Gasteiger partial charge in [0.1, 0.15) is 6.02 Å². The standard InChI is InChI=1S/C22H19N3O4/c1-24-10-19(26)25-16(22(24)27)9-14-13-4-2-3-5-15(13)23-20(14)21(25)12-6-7-17-18(8-12)29-11-28-17/h2-8,16,21,23H,9-11H2,1H3/t16-,21?/m1/s1/i1D3,6D,7D,8D,9D2,16D. The number of aromatic amines is 1. The number of para-hydroxylation sites is 1. The number of hydrogen-bond donors (Lipinski definition) is 1. The first-order valence-electron chi connectivity index (χ1n) is 13.4. The third-order valence-corrected chi connectivity index (χ3v) is 5.21. The summed E-state index contributed by atoms with van der Waals surface area (Å²) < 4.78 is 87.1. The number of rotatable bonds is 1. The molecule has 2 aromatic carbocycles. The maximum Gasteiger partial charge on any atom is 0.245 e. The third kappa shape index (κ3) is 2.24. The topological polar surface area (TPSA) is 74.9 Å². The molecule has 1 fully saturated rings. The third-order valence-electron chi connectivity index (χ3n) is 5.21. The predicted octanol–water partition coefficient (Wildman–Crippen LogP) is 2.21. The van der Waals surface area contributed by atoms with E-state index in [9.17, 15) is 11.0 Å². The van der Waals surface area contributed by atoms with E-state index in [1.165, 1.54) is 0 Å². The summed E-state index contributed by atoms with van der Waals surface area (Å²) in [5.41, 5.74) is -0.0707. The van der Waals surface area contributed by atoms with Crippen molar-refractivity contribution in [2.75, 3.05) is 20.3 Å². The van der Waals surface area contributed by atoms with Crippen LogP contribution >= 0.6 is 0 Å². The van der Waals surface area contributed by atoms with Crippen molar-refractivity contribution in [2.45, 2.75) is 18.4 Å². The maximum atomic E-state index is 13.7. The molecular weight excluding hydrogens is 370 g/mol. The van der Waals surface area contributed by atoms with Crippen molar-refractivity contribution in [1.82, 2.24) is 14.8 Å². The summed E-state index contributed by atoms with van der Waals surface area (Å²) in [6.07, 6.45) is -2.93. The first kappa shape index (κ1) is 9.82. The van der Waals surface area contributed by atoms with Crippen LogP contribution in [0.15, 0.2) is 42.4 Å². The molecule has 0 bridgehead atoms. The molecule has 1 aromatic heterocycles. The van der Waals surface area contributed by atoms with Crippen LogP contribution in [0, 0.1) is 0 Å². The summed E-state index contributed by atoms with van der Waals surface area (Å²) in [5, 5.41) is 0.278. The quantitative estimate of drug-likeness (QED) is 0.682. The number of aromatic nitrogens is 1. The largest absolute Gasteiger partial charge is 0.454 e. The Labute approximate surface area is 179 Å². The van der Waals surface area contributed by atoms with Gasteiger partial charge in [-0.2, -0.15) is 0 Å². The predicted molar refractivity (Wildman–Crippen MR) is 105 cm³/mol. The number of piperazine rings is 1. The summed E-state index contributed by atoms with van der Waals surface area (Å²) in [6, 6.07) is 0.297. The molecule has 3 aliphatic heterocycles. The second-order valence-corrected chi connectivity index (χ2v) is 6.84. The van der Waals surface area contributed by atoms with Crippen LogP contribution in [0.2, 0.25) is 0 Å². The number of carbonyl (C=O) groups is 2. The molecule has 7 nitrogen and oxygen atoms in total. The molecule has 1 saturated heterocycles. The zero-order valence-electron chi connectivity index (χ0n) is 23.8. The lowest BCUT2D eigenvalue weighted by Gasteiger charge is -2.46. The number of amides is 2. The number of carbonyl (C=O) groups excluding carboxylic acids is 2. The van der Waals surface area contributed by atoms with Crippen LogP contribution in [0.1, 0.15) is 35.2 Å². The van der Waals surface area contributed by atoms with Gasteiger partial charge in [-0.05, 0) is 29.3 Å². The van der Waals surface area contributed by atoms with Gasteiger partial charge < -0.3 is 24.3 Å². The van der Waals surface area contributed by atoms with E-state index >= 15 is 0 Å². The number of nitrogens with one attached hydrogen (secondary N) is 1. The minimum atomic E-state index is -3.13. The van der Waals surface area contributed by atoms with Gasteiger partial charge in [0.05, 0.1) is 18.1 Å². The molecule has 0 aliphatic carbocycles. The van der Waals surface area contributed by atoms with Gasteiger partial charge in [-0.1, -0.05) is 24.2 Å². The van der Waals surface area contributed by atoms with Crippen molar-refractivity contribution in [3.05, 3.63) is 59.2 Å². The van der Waals surface area contributed by atoms with E-state index in [-0.39, 0.29) is 45.4 Å². The van der Waals surface area contributed by atoms with Crippen molar-refractivity contribution in [1.29, 1.82) is 0 Å². The highest BCUT2D eigenvalue weighted by Gasteiger charge is 2.47. The first-order chi connectivity index (χ1) is 17.7. The molecule has 2 amide bonds. The molecule has 146 valence electrons. The van der Waals surface area contributed by atoms with Crippen molar-refractivity contribution in [3.63, 3.8) is 0 Å². The molecule has 7 heteroatoms. The van der Waals surface area contributed by atoms with Crippen LogP contribution in [0.4, 0.5) is 0 Å². The van der Waals surface area contributed by atoms with E-state index in [4.69, 9.17) is 20.4 Å². The fourth-order valence-corrected chi connectivity index (χ4v) is 3.93. The molecule has 1 unspecified atom stereocenters. The van der Waals surface area contributed by atoms with Crippen molar-refractivity contribution < 1.29 is 31.4 Å². The Bertz CT molecular complexity index is 1570. The van der Waals surface area contributed by atoms with Gasteiger partial charge in [0.25, 0.3) is 0 Å². The van der Waals surface area contributed by atoms with Crippen LogP contribution in [0.5, 0.6) is 11.5 Å². The Kier molecular flexibility index (Phi) is 1.95. The Balaban J connectivity index is 1.74. The Morgan fingerprint density at radius 3 is 3.03 bits per heavy atom. The molecule has 0 radical (unpaired) electrons. The minimum absolute atomic E-state index is 0.00261. The highest BCUT2D eigenvalue weighted by atomic mass is 16.7. The molecule has 3 aromatic rings. The number of fused-ring (bicyclic) bond motifs is 5. The van der Waals surface area contributed by atoms with E-state index in [1.807, 2.05) is 0 Å². The lowest BCUT2D eigenvalue weighted by molar-refractivity contribution is -0.157. The Morgan fingerprint density at radius 2 is 2.14 bits per heavy atom. The van der Waals surface area contributed by atoms with Crippen LogP contribution < -0.4 is 9.47 Å². The van der Waals surface area contributed by atoms with Gasteiger partial charge in [0, 0.05) is 36.8 Å². The average molecular weight is 398 g/mol. The zero-order chi connectivity index (χ0) is 27.5. The fourth-order valence-electron chi connectivity index (χ4n) is 3.93. The van der Waals surface area contributed by atoms with Gasteiger partial charge in [0.15, 0.2) is 11.5 Å². The summed E-state index contributed by atoms with van der Waals surface area (Å²) >= 11 is 0. The molecule has 1 N–H and O–H groups in total. The molecule has 3 aliphatic rings. The first-order valence-corrected chi connectivity index (χ1v) is 8.87. The van der Waals surface area contributed by atoms with E-state index < -0.39 is 61.9 Å². The fraction of sp³-hybridized carbons (Fsp3) is 0.273. The van der Waals surface area contributed by atoms with Crippen LogP contribution in [-0.2, 0) is 16.0 Å². The summed E-state index contributed by atoms with van der Waals surface area (Å²) in [5.74, 6) is -2.84. The van der Waals surface area contributed by atoms with E-state index in [0.29, 0.717) is 10.4 Å². The van der Waals surface area contributed by atoms with Crippen molar-refractivity contribution in [3.8, 4) is 11.5 Å². The van der Waals surface area contributed by atoms with Gasteiger partial charge in [-0.3, -0.25) is 9.59 Å². The molecule has 0 saturated carbocycles. The summed E-state index contributed by atoms with van der Waals surface area (Å²) in [6.45, 7) is -4.41. The molecule has 6 rings (SSSR count). The number of nitrogens with zero attached hydrogens (tertiary/aromatic N) is 2. The number of hydrogen-bond acceptors (Lipinski definition) is 4. The van der Waals surface area contributed by atoms with E-state index in [0.717, 1.165) is 0 Å². The minimum Gasteiger partial charge on any atom is -0.454 e. The maximum absolute atomic E-state index is 13.7. The zero-order valence-corrected chi connectivity index (χ0v) is 14.8. The average Bonchev–Trinajstić information content (AvgIpc) is 3.48. The highest BCUT2D eigenvalue weighted by molar-refractivity contribution is 5.97. The molecular formula is C22H19N3O4. The lowest BCUT2D eigenvalue weighted by Crippen LogP contribution is -2.62. The summed E-state index contributed by atoms with van der Waals surface area (Å²) in [4.78, 5) is 31.2. The van der Waals surface area contributed by atoms with Crippen molar-refractivity contribution >= 4 is 22.7 Å². The molecule has 4 heterocycles. The second-order valence-electron chi connectivity index (χ2n) is 6.84. The van der Waals surface area contributed by atoms with Crippen LogP contribution in [0.25, 0.3) is 10.9 Å².